The summed E-state index contributed by atoms with van der Waals surface area (Å²) in [4.78, 5) is 0. The minimum atomic E-state index is 0.687. The average Bonchev–Trinajstić information content (AvgIpc) is 2.18. The van der Waals surface area contributed by atoms with E-state index in [0.29, 0.717) is 5.92 Å². The van der Waals surface area contributed by atoms with Crippen molar-refractivity contribution >= 4 is 31.9 Å². The summed E-state index contributed by atoms with van der Waals surface area (Å²) in [5.41, 5.74) is 1.43. The zero-order valence-corrected chi connectivity index (χ0v) is 11.9. The molecule has 0 aliphatic carbocycles. The molecule has 2 heteroatoms. The van der Waals surface area contributed by atoms with Gasteiger partial charge in [-0.1, -0.05) is 52.1 Å². The molecule has 0 amide bonds. The third kappa shape index (κ3) is 3.09. The molecule has 0 heterocycles. The van der Waals surface area contributed by atoms with Crippen LogP contribution in [0.4, 0.5) is 0 Å². The lowest BCUT2D eigenvalue weighted by Crippen LogP contribution is -1.98. The van der Waals surface area contributed by atoms with Gasteiger partial charge in [-0.3, -0.25) is 0 Å². The highest BCUT2D eigenvalue weighted by molar-refractivity contribution is 9.11. The van der Waals surface area contributed by atoms with Gasteiger partial charge in [0.05, 0.1) is 0 Å². The van der Waals surface area contributed by atoms with Gasteiger partial charge < -0.3 is 0 Å². The van der Waals surface area contributed by atoms with Crippen LogP contribution in [0, 0.1) is 0 Å². The lowest BCUT2D eigenvalue weighted by molar-refractivity contribution is 0.593. The third-order valence-electron chi connectivity index (χ3n) is 2.53. The van der Waals surface area contributed by atoms with Gasteiger partial charge in [-0.15, -0.1) is 0 Å². The molecule has 1 atom stereocenters. The van der Waals surface area contributed by atoms with Gasteiger partial charge in [0.25, 0.3) is 0 Å². The third-order valence-corrected chi connectivity index (χ3v) is 3.74. The Bertz CT molecular complexity index is 294. The summed E-state index contributed by atoms with van der Waals surface area (Å²) in [6.45, 7) is 4.50. The first-order valence-electron chi connectivity index (χ1n) is 5.14. The molecule has 0 spiro atoms. The SMILES string of the molecule is CCCC(CC)c1cc(Br)ccc1Br. The molecule has 1 unspecified atom stereocenters. The first-order chi connectivity index (χ1) is 6.69. The van der Waals surface area contributed by atoms with Crippen LogP contribution in [-0.4, -0.2) is 0 Å². The second kappa shape index (κ2) is 5.92. The van der Waals surface area contributed by atoms with Gasteiger partial charge >= 0.3 is 0 Å². The Labute approximate surface area is 103 Å². The van der Waals surface area contributed by atoms with Gasteiger partial charge in [-0.25, -0.2) is 0 Å². The highest BCUT2D eigenvalue weighted by Gasteiger charge is 2.11. The molecule has 0 aromatic heterocycles. The van der Waals surface area contributed by atoms with Crippen LogP contribution >= 0.6 is 31.9 Å². The predicted octanol–water partition coefficient (Wildman–Crippen LogP) is 5.51. The van der Waals surface area contributed by atoms with Crippen LogP contribution in [-0.2, 0) is 0 Å². The van der Waals surface area contributed by atoms with Crippen molar-refractivity contribution in [3.63, 3.8) is 0 Å². The lowest BCUT2D eigenvalue weighted by atomic mass is 9.92. The van der Waals surface area contributed by atoms with Crippen LogP contribution in [0.15, 0.2) is 27.1 Å². The number of hydrogen-bond acceptors (Lipinski definition) is 0. The molecule has 0 aliphatic rings. The topological polar surface area (TPSA) is 0 Å². The van der Waals surface area contributed by atoms with E-state index in [9.17, 15) is 0 Å². The van der Waals surface area contributed by atoms with Crippen molar-refractivity contribution in [2.75, 3.05) is 0 Å². The molecule has 0 nitrogen and oxygen atoms in total. The molecule has 0 aliphatic heterocycles. The quantitative estimate of drug-likeness (QED) is 0.687. The molecular formula is C12H16Br2. The van der Waals surface area contributed by atoms with Crippen molar-refractivity contribution in [3.8, 4) is 0 Å². The summed E-state index contributed by atoms with van der Waals surface area (Å²) < 4.78 is 2.41. The molecule has 1 aromatic rings. The Morgan fingerprint density at radius 2 is 1.93 bits per heavy atom. The Morgan fingerprint density at radius 1 is 1.21 bits per heavy atom. The molecule has 0 fully saturated rings. The second-order valence-electron chi connectivity index (χ2n) is 3.56. The van der Waals surface area contributed by atoms with Crippen molar-refractivity contribution in [2.24, 2.45) is 0 Å². The molecule has 0 radical (unpaired) electrons. The zero-order valence-electron chi connectivity index (χ0n) is 8.69. The maximum Gasteiger partial charge on any atom is 0.0210 e. The van der Waals surface area contributed by atoms with Gasteiger partial charge in [0.15, 0.2) is 0 Å². The van der Waals surface area contributed by atoms with Crippen LogP contribution in [0.3, 0.4) is 0 Å². The molecule has 14 heavy (non-hydrogen) atoms. The van der Waals surface area contributed by atoms with Gasteiger partial charge in [-0.05, 0) is 42.5 Å². The van der Waals surface area contributed by atoms with E-state index in [0.717, 1.165) is 0 Å². The first kappa shape index (κ1) is 12.3. The lowest BCUT2D eigenvalue weighted by Gasteiger charge is -2.16. The maximum atomic E-state index is 3.62. The second-order valence-corrected chi connectivity index (χ2v) is 5.33. The van der Waals surface area contributed by atoms with Gasteiger partial charge in [0.2, 0.25) is 0 Å². The van der Waals surface area contributed by atoms with Crippen LogP contribution in [0.5, 0.6) is 0 Å². The summed E-state index contributed by atoms with van der Waals surface area (Å²) >= 11 is 7.15. The van der Waals surface area contributed by atoms with E-state index in [-0.39, 0.29) is 0 Å². The maximum absolute atomic E-state index is 3.62. The average molecular weight is 320 g/mol. The van der Waals surface area contributed by atoms with Gasteiger partial charge in [-0.2, -0.15) is 0 Å². The van der Waals surface area contributed by atoms with Crippen LogP contribution in [0.25, 0.3) is 0 Å². The normalized spacial score (nSPS) is 12.9. The fourth-order valence-corrected chi connectivity index (χ4v) is 2.70. The van der Waals surface area contributed by atoms with E-state index in [2.05, 4.69) is 63.9 Å². The van der Waals surface area contributed by atoms with Crippen LogP contribution in [0.2, 0.25) is 0 Å². The standard InChI is InChI=1S/C12H16Br2/c1-3-5-9(4-2)11-8-10(13)6-7-12(11)14/h6-9H,3-5H2,1-2H3. The van der Waals surface area contributed by atoms with E-state index in [1.807, 2.05) is 0 Å². The van der Waals surface area contributed by atoms with Crippen molar-refractivity contribution in [1.29, 1.82) is 0 Å². The summed E-state index contributed by atoms with van der Waals surface area (Å²) in [5.74, 6) is 0.687. The molecule has 0 saturated carbocycles. The Morgan fingerprint density at radius 3 is 2.50 bits per heavy atom. The molecule has 0 saturated heterocycles. The number of hydrogen-bond donors (Lipinski definition) is 0. The largest absolute Gasteiger partial charge is 0.0654 e. The fraction of sp³-hybridized carbons (Fsp3) is 0.500. The predicted molar refractivity (Wildman–Crippen MR) is 69.8 cm³/mol. The van der Waals surface area contributed by atoms with E-state index < -0.39 is 0 Å². The summed E-state index contributed by atoms with van der Waals surface area (Å²) in [6.07, 6.45) is 3.73. The van der Waals surface area contributed by atoms with Crippen molar-refractivity contribution in [3.05, 3.63) is 32.7 Å². The Balaban J connectivity index is 2.96. The minimum absolute atomic E-state index is 0.687. The highest BCUT2D eigenvalue weighted by Crippen LogP contribution is 2.32. The Kier molecular flexibility index (Phi) is 5.18. The molecule has 0 bridgehead atoms. The molecule has 1 aromatic carbocycles. The fourth-order valence-electron chi connectivity index (χ4n) is 1.76. The number of halogens is 2. The number of rotatable bonds is 4. The monoisotopic (exact) mass is 318 g/mol. The number of benzene rings is 1. The molecule has 1 rings (SSSR count). The van der Waals surface area contributed by atoms with Crippen LogP contribution in [0.1, 0.15) is 44.6 Å². The Hall–Kier alpha value is 0.180. The summed E-state index contributed by atoms with van der Waals surface area (Å²) in [6, 6.07) is 6.43. The van der Waals surface area contributed by atoms with E-state index in [4.69, 9.17) is 0 Å². The summed E-state index contributed by atoms with van der Waals surface area (Å²) in [5, 5.41) is 0. The molecular weight excluding hydrogens is 304 g/mol. The zero-order chi connectivity index (χ0) is 10.6. The van der Waals surface area contributed by atoms with Crippen molar-refractivity contribution in [2.45, 2.75) is 39.0 Å². The first-order valence-corrected chi connectivity index (χ1v) is 6.72. The summed E-state index contributed by atoms with van der Waals surface area (Å²) in [7, 11) is 0. The van der Waals surface area contributed by atoms with E-state index in [1.54, 1.807) is 0 Å². The molecule has 0 N–H and O–H groups in total. The molecule has 78 valence electrons. The van der Waals surface area contributed by atoms with E-state index in [1.165, 1.54) is 33.8 Å². The van der Waals surface area contributed by atoms with Crippen molar-refractivity contribution < 1.29 is 0 Å². The van der Waals surface area contributed by atoms with Crippen LogP contribution < -0.4 is 0 Å². The van der Waals surface area contributed by atoms with Gasteiger partial charge in [0.1, 0.15) is 0 Å². The van der Waals surface area contributed by atoms with Gasteiger partial charge in [0, 0.05) is 8.95 Å². The smallest absolute Gasteiger partial charge is 0.0210 e. The minimum Gasteiger partial charge on any atom is -0.0654 e. The van der Waals surface area contributed by atoms with Crippen molar-refractivity contribution in [1.82, 2.24) is 0 Å². The van der Waals surface area contributed by atoms with E-state index >= 15 is 0 Å². The highest BCUT2D eigenvalue weighted by atomic mass is 79.9.